The van der Waals surface area contributed by atoms with E-state index in [4.69, 9.17) is 0 Å². The van der Waals surface area contributed by atoms with E-state index in [1.165, 1.54) is 18.3 Å². The Labute approximate surface area is 176 Å². The van der Waals surface area contributed by atoms with Crippen molar-refractivity contribution < 1.29 is 22.7 Å². The minimum atomic E-state index is -4.77. The molecule has 3 aromatic rings. The van der Waals surface area contributed by atoms with E-state index in [1.54, 1.807) is 12.3 Å². The van der Waals surface area contributed by atoms with E-state index in [0.717, 1.165) is 55.1 Å². The summed E-state index contributed by atoms with van der Waals surface area (Å²) in [6.45, 7) is 3.66. The number of aromatic amines is 1. The SMILES string of the molecule is Cc1cnc(-c2cc(C(=O)Nc3ccc(OC(F)(F)F)cc3)cnc2N2CCCC2)[nH]1. The fraction of sp³-hybridized carbons (Fsp3) is 0.286. The number of carbonyl (C=O) groups is 1. The standard InChI is InChI=1S/C21H20F3N5O2/c1-13-11-25-18(27-13)17-10-14(12-26-19(17)29-8-2-3-9-29)20(30)28-15-4-6-16(7-5-15)31-21(22,23)24/h4-7,10-12H,2-3,8-9H2,1H3,(H,25,27)(H,28,30). The van der Waals surface area contributed by atoms with Crippen LogP contribution in [0, 0.1) is 6.92 Å². The van der Waals surface area contributed by atoms with Crippen molar-refractivity contribution in [1.82, 2.24) is 15.0 Å². The molecule has 7 nitrogen and oxygen atoms in total. The summed E-state index contributed by atoms with van der Waals surface area (Å²) in [5.41, 5.74) is 2.25. The Bertz CT molecular complexity index is 1070. The molecule has 1 amide bonds. The van der Waals surface area contributed by atoms with Crippen LogP contribution in [0.5, 0.6) is 5.75 Å². The van der Waals surface area contributed by atoms with Crippen LogP contribution in [0.2, 0.25) is 0 Å². The fourth-order valence-electron chi connectivity index (χ4n) is 3.43. The molecule has 1 aliphatic heterocycles. The van der Waals surface area contributed by atoms with Gasteiger partial charge in [-0.05, 0) is 50.1 Å². The second kappa shape index (κ2) is 8.29. The van der Waals surface area contributed by atoms with Crippen LogP contribution in [0.25, 0.3) is 11.4 Å². The third-order valence-electron chi connectivity index (χ3n) is 4.84. The van der Waals surface area contributed by atoms with Crippen molar-refractivity contribution in [2.75, 3.05) is 23.3 Å². The van der Waals surface area contributed by atoms with E-state index in [9.17, 15) is 18.0 Å². The highest BCUT2D eigenvalue weighted by atomic mass is 19.4. The van der Waals surface area contributed by atoms with Gasteiger partial charge >= 0.3 is 6.36 Å². The molecule has 1 aliphatic rings. The van der Waals surface area contributed by atoms with E-state index >= 15 is 0 Å². The predicted molar refractivity (Wildman–Crippen MR) is 109 cm³/mol. The summed E-state index contributed by atoms with van der Waals surface area (Å²) in [4.78, 5) is 27.0. The largest absolute Gasteiger partial charge is 0.573 e. The third kappa shape index (κ3) is 4.96. The van der Waals surface area contributed by atoms with Crippen molar-refractivity contribution in [2.45, 2.75) is 26.1 Å². The quantitative estimate of drug-likeness (QED) is 0.620. The zero-order valence-electron chi connectivity index (χ0n) is 16.7. The van der Waals surface area contributed by atoms with Crippen molar-refractivity contribution in [1.29, 1.82) is 0 Å². The van der Waals surface area contributed by atoms with Gasteiger partial charge in [-0.15, -0.1) is 13.2 Å². The highest BCUT2D eigenvalue weighted by Gasteiger charge is 2.31. The lowest BCUT2D eigenvalue weighted by atomic mass is 10.1. The number of hydrogen-bond donors (Lipinski definition) is 2. The van der Waals surface area contributed by atoms with Gasteiger partial charge in [-0.3, -0.25) is 4.79 Å². The monoisotopic (exact) mass is 431 g/mol. The van der Waals surface area contributed by atoms with Crippen molar-refractivity contribution in [2.24, 2.45) is 0 Å². The smallest absolute Gasteiger partial charge is 0.406 e. The number of anilines is 2. The molecule has 0 aliphatic carbocycles. The minimum absolute atomic E-state index is 0.308. The topological polar surface area (TPSA) is 83.1 Å². The molecule has 0 bridgehead atoms. The molecule has 0 unspecified atom stereocenters. The molecule has 1 aromatic carbocycles. The number of aromatic nitrogens is 3. The van der Waals surface area contributed by atoms with Crippen LogP contribution in [0.4, 0.5) is 24.7 Å². The maximum absolute atomic E-state index is 12.7. The number of alkyl halides is 3. The Balaban J connectivity index is 1.57. The average Bonchev–Trinajstić information content (AvgIpc) is 3.40. The van der Waals surface area contributed by atoms with E-state index < -0.39 is 12.3 Å². The van der Waals surface area contributed by atoms with E-state index in [2.05, 4.69) is 29.9 Å². The number of carbonyl (C=O) groups excluding carboxylic acids is 1. The van der Waals surface area contributed by atoms with Crippen LogP contribution < -0.4 is 15.0 Å². The first-order valence-electron chi connectivity index (χ1n) is 9.73. The minimum Gasteiger partial charge on any atom is -0.406 e. The molecule has 2 aromatic heterocycles. The van der Waals surface area contributed by atoms with Crippen LogP contribution in [-0.2, 0) is 0 Å². The van der Waals surface area contributed by atoms with Crippen molar-refractivity contribution >= 4 is 17.4 Å². The maximum Gasteiger partial charge on any atom is 0.573 e. The van der Waals surface area contributed by atoms with Crippen LogP contribution in [0.1, 0.15) is 28.9 Å². The van der Waals surface area contributed by atoms with E-state index in [1.807, 2.05) is 6.92 Å². The first-order chi connectivity index (χ1) is 14.8. The van der Waals surface area contributed by atoms with Crippen LogP contribution >= 0.6 is 0 Å². The first kappa shape index (κ1) is 20.7. The number of hydrogen-bond acceptors (Lipinski definition) is 5. The van der Waals surface area contributed by atoms with Gasteiger partial charge in [0.2, 0.25) is 0 Å². The van der Waals surface area contributed by atoms with Gasteiger partial charge in [0.25, 0.3) is 5.91 Å². The predicted octanol–water partition coefficient (Wildman–Crippen LogP) is 4.53. The lowest BCUT2D eigenvalue weighted by Crippen LogP contribution is -2.21. The van der Waals surface area contributed by atoms with Crippen molar-refractivity contribution in [3.63, 3.8) is 0 Å². The summed E-state index contributed by atoms with van der Waals surface area (Å²) in [6, 6.07) is 6.66. The molecule has 0 atom stereocenters. The van der Waals surface area contributed by atoms with Gasteiger partial charge in [0.05, 0.1) is 11.1 Å². The number of nitrogens with zero attached hydrogens (tertiary/aromatic N) is 3. The highest BCUT2D eigenvalue weighted by molar-refractivity contribution is 6.05. The number of amides is 1. The summed E-state index contributed by atoms with van der Waals surface area (Å²) in [5, 5.41) is 2.66. The average molecular weight is 431 g/mol. The number of halogens is 3. The summed E-state index contributed by atoms with van der Waals surface area (Å²) in [7, 11) is 0. The Morgan fingerprint density at radius 3 is 2.45 bits per heavy atom. The Morgan fingerprint density at radius 2 is 1.84 bits per heavy atom. The molecule has 31 heavy (non-hydrogen) atoms. The number of H-pyrrole nitrogens is 1. The second-order valence-corrected chi connectivity index (χ2v) is 7.23. The summed E-state index contributed by atoms with van der Waals surface area (Å²) < 4.78 is 40.7. The first-order valence-corrected chi connectivity index (χ1v) is 9.73. The Hall–Kier alpha value is -3.56. The number of ether oxygens (including phenoxy) is 1. The molecule has 3 heterocycles. The molecule has 0 saturated carbocycles. The van der Waals surface area contributed by atoms with Gasteiger partial charge in [0.15, 0.2) is 0 Å². The zero-order valence-corrected chi connectivity index (χ0v) is 16.7. The van der Waals surface area contributed by atoms with Gasteiger partial charge in [-0.2, -0.15) is 0 Å². The van der Waals surface area contributed by atoms with Crippen LogP contribution in [0.15, 0.2) is 42.7 Å². The third-order valence-corrected chi connectivity index (χ3v) is 4.84. The van der Waals surface area contributed by atoms with Crippen LogP contribution in [0.3, 0.4) is 0 Å². The van der Waals surface area contributed by atoms with E-state index in [-0.39, 0.29) is 5.75 Å². The van der Waals surface area contributed by atoms with E-state index in [0.29, 0.717) is 17.1 Å². The number of aryl methyl sites for hydroxylation is 1. The summed E-state index contributed by atoms with van der Waals surface area (Å²) in [6.07, 6.45) is 0.584. The van der Waals surface area contributed by atoms with Gasteiger partial charge in [0.1, 0.15) is 17.4 Å². The molecule has 1 saturated heterocycles. The van der Waals surface area contributed by atoms with Crippen molar-refractivity contribution in [3.05, 3.63) is 54.0 Å². The second-order valence-electron chi connectivity index (χ2n) is 7.23. The Kier molecular flexibility index (Phi) is 5.53. The molecule has 162 valence electrons. The maximum atomic E-state index is 12.7. The molecule has 0 radical (unpaired) electrons. The van der Waals surface area contributed by atoms with Crippen molar-refractivity contribution in [3.8, 4) is 17.1 Å². The molecule has 4 rings (SSSR count). The molecule has 10 heteroatoms. The number of rotatable bonds is 5. The summed E-state index contributed by atoms with van der Waals surface area (Å²) >= 11 is 0. The number of nitrogens with one attached hydrogen (secondary N) is 2. The number of pyridine rings is 1. The normalized spacial score (nSPS) is 14.0. The molecular weight excluding hydrogens is 411 g/mol. The summed E-state index contributed by atoms with van der Waals surface area (Å²) in [5.74, 6) is 0.583. The lowest BCUT2D eigenvalue weighted by molar-refractivity contribution is -0.274. The lowest BCUT2D eigenvalue weighted by Gasteiger charge is -2.20. The van der Waals surface area contributed by atoms with Gasteiger partial charge in [-0.1, -0.05) is 0 Å². The number of imidazole rings is 1. The van der Waals surface area contributed by atoms with Gasteiger partial charge in [0, 0.05) is 36.9 Å². The molecule has 1 fully saturated rings. The van der Waals surface area contributed by atoms with Crippen LogP contribution in [-0.4, -0.2) is 40.3 Å². The molecule has 2 N–H and O–H groups in total. The molecule has 0 spiro atoms. The zero-order chi connectivity index (χ0) is 22.0. The fourth-order valence-corrected chi connectivity index (χ4v) is 3.43. The number of benzene rings is 1. The molecular formula is C21H20F3N5O2. The van der Waals surface area contributed by atoms with Gasteiger partial charge in [-0.25, -0.2) is 9.97 Å². The highest BCUT2D eigenvalue weighted by Crippen LogP contribution is 2.30. The van der Waals surface area contributed by atoms with Gasteiger partial charge < -0.3 is 19.9 Å². The Morgan fingerprint density at radius 1 is 1.13 bits per heavy atom.